The molecule has 21 heavy (non-hydrogen) atoms. The molecular formula is C16H24FN3O. The Morgan fingerprint density at radius 3 is 2.71 bits per heavy atom. The standard InChI is InChI=1S/C16H24FN3O/c1-16(2)7-5-13(6-8-16)19-10-11-3-4-12(17)9-14(11)15(18)20-21/h3-4,9,13,19,21H,5-8,10H2,1-2H3,(H2,18,20). The molecule has 0 saturated heterocycles. The Kier molecular flexibility index (Phi) is 4.83. The van der Waals surface area contributed by atoms with E-state index in [2.05, 4.69) is 24.3 Å². The van der Waals surface area contributed by atoms with Crippen molar-refractivity contribution in [3.63, 3.8) is 0 Å². The highest BCUT2D eigenvalue weighted by atomic mass is 19.1. The van der Waals surface area contributed by atoms with E-state index >= 15 is 0 Å². The van der Waals surface area contributed by atoms with Gasteiger partial charge in [0.15, 0.2) is 5.84 Å². The summed E-state index contributed by atoms with van der Waals surface area (Å²) in [5.74, 6) is -0.448. The number of halogens is 1. The summed E-state index contributed by atoms with van der Waals surface area (Å²) in [6, 6.07) is 4.86. The zero-order chi connectivity index (χ0) is 15.5. The van der Waals surface area contributed by atoms with Crippen LogP contribution in [0.5, 0.6) is 0 Å². The van der Waals surface area contributed by atoms with Gasteiger partial charge in [-0.2, -0.15) is 0 Å². The fourth-order valence-corrected chi connectivity index (χ4v) is 2.85. The number of hydrogen-bond donors (Lipinski definition) is 3. The smallest absolute Gasteiger partial charge is 0.170 e. The van der Waals surface area contributed by atoms with Gasteiger partial charge in [0, 0.05) is 18.2 Å². The molecule has 1 aromatic carbocycles. The van der Waals surface area contributed by atoms with Gasteiger partial charge in [0.1, 0.15) is 5.82 Å². The molecule has 5 heteroatoms. The molecule has 4 nitrogen and oxygen atoms in total. The number of hydrogen-bond acceptors (Lipinski definition) is 3. The fraction of sp³-hybridized carbons (Fsp3) is 0.562. The molecule has 0 unspecified atom stereocenters. The molecule has 2 rings (SSSR count). The van der Waals surface area contributed by atoms with Crippen LogP contribution < -0.4 is 11.1 Å². The Morgan fingerprint density at radius 1 is 1.43 bits per heavy atom. The van der Waals surface area contributed by atoms with Crippen molar-refractivity contribution < 1.29 is 9.60 Å². The molecule has 0 atom stereocenters. The van der Waals surface area contributed by atoms with Crippen LogP contribution >= 0.6 is 0 Å². The van der Waals surface area contributed by atoms with Crippen LogP contribution in [0.3, 0.4) is 0 Å². The average Bonchev–Trinajstić information content (AvgIpc) is 2.46. The van der Waals surface area contributed by atoms with E-state index in [-0.39, 0.29) is 11.7 Å². The normalized spacial score (nSPS) is 19.7. The first-order valence-electron chi connectivity index (χ1n) is 7.41. The van der Waals surface area contributed by atoms with E-state index in [9.17, 15) is 4.39 Å². The van der Waals surface area contributed by atoms with Crippen LogP contribution in [0.4, 0.5) is 4.39 Å². The second kappa shape index (κ2) is 6.43. The predicted molar refractivity (Wildman–Crippen MR) is 81.8 cm³/mol. The Morgan fingerprint density at radius 2 is 2.10 bits per heavy atom. The van der Waals surface area contributed by atoms with Gasteiger partial charge in [0.05, 0.1) is 0 Å². The van der Waals surface area contributed by atoms with Gasteiger partial charge in [-0.15, -0.1) is 0 Å². The van der Waals surface area contributed by atoms with E-state index in [1.807, 2.05) is 0 Å². The highest BCUT2D eigenvalue weighted by Crippen LogP contribution is 2.35. The lowest BCUT2D eigenvalue weighted by Crippen LogP contribution is -2.35. The van der Waals surface area contributed by atoms with Crippen molar-refractivity contribution in [2.45, 2.75) is 52.1 Å². The molecule has 0 aromatic heterocycles. The highest BCUT2D eigenvalue weighted by molar-refractivity contribution is 5.98. The molecule has 4 N–H and O–H groups in total. The van der Waals surface area contributed by atoms with E-state index in [1.165, 1.54) is 25.0 Å². The Bertz CT molecular complexity index is 518. The summed E-state index contributed by atoms with van der Waals surface area (Å²) in [5.41, 5.74) is 7.34. The van der Waals surface area contributed by atoms with Crippen LogP contribution in [-0.2, 0) is 6.54 Å². The molecule has 1 aliphatic carbocycles. The number of benzene rings is 1. The van der Waals surface area contributed by atoms with Crippen molar-refractivity contribution >= 4 is 5.84 Å². The largest absolute Gasteiger partial charge is 0.409 e. The molecular weight excluding hydrogens is 269 g/mol. The maximum atomic E-state index is 13.3. The van der Waals surface area contributed by atoms with Gasteiger partial charge in [-0.3, -0.25) is 0 Å². The zero-order valence-corrected chi connectivity index (χ0v) is 12.7. The van der Waals surface area contributed by atoms with E-state index < -0.39 is 0 Å². The molecule has 0 spiro atoms. The van der Waals surface area contributed by atoms with Crippen molar-refractivity contribution in [3.05, 3.63) is 35.1 Å². The van der Waals surface area contributed by atoms with Crippen molar-refractivity contribution in [1.82, 2.24) is 5.32 Å². The first kappa shape index (κ1) is 15.8. The number of oxime groups is 1. The Labute approximate surface area is 125 Å². The highest BCUT2D eigenvalue weighted by Gasteiger charge is 2.26. The number of rotatable bonds is 4. The third kappa shape index (κ3) is 4.17. The van der Waals surface area contributed by atoms with Crippen LogP contribution in [0.2, 0.25) is 0 Å². The lowest BCUT2D eigenvalue weighted by molar-refractivity contribution is 0.206. The fourth-order valence-electron chi connectivity index (χ4n) is 2.85. The zero-order valence-electron chi connectivity index (χ0n) is 12.7. The first-order valence-corrected chi connectivity index (χ1v) is 7.41. The molecule has 0 bridgehead atoms. The maximum absolute atomic E-state index is 13.3. The van der Waals surface area contributed by atoms with Crippen molar-refractivity contribution in [1.29, 1.82) is 0 Å². The molecule has 1 fully saturated rings. The van der Waals surface area contributed by atoms with Crippen LogP contribution in [0.25, 0.3) is 0 Å². The topological polar surface area (TPSA) is 70.6 Å². The van der Waals surface area contributed by atoms with Gasteiger partial charge in [0.25, 0.3) is 0 Å². The molecule has 1 aromatic rings. The summed E-state index contributed by atoms with van der Waals surface area (Å²) in [5, 5.41) is 15.3. The Hall–Kier alpha value is -1.62. The lowest BCUT2D eigenvalue weighted by Gasteiger charge is -2.34. The van der Waals surface area contributed by atoms with Crippen LogP contribution in [0.15, 0.2) is 23.4 Å². The van der Waals surface area contributed by atoms with E-state index in [0.717, 1.165) is 18.4 Å². The van der Waals surface area contributed by atoms with E-state index in [0.29, 0.717) is 23.6 Å². The molecule has 0 radical (unpaired) electrons. The maximum Gasteiger partial charge on any atom is 0.170 e. The SMILES string of the molecule is CC1(C)CCC(NCc2ccc(F)cc2C(N)=NO)CC1. The third-order valence-corrected chi connectivity index (χ3v) is 4.38. The van der Waals surface area contributed by atoms with Crippen molar-refractivity contribution in [2.24, 2.45) is 16.3 Å². The number of nitrogens with one attached hydrogen (secondary N) is 1. The summed E-state index contributed by atoms with van der Waals surface area (Å²) in [6.45, 7) is 5.20. The van der Waals surface area contributed by atoms with Crippen molar-refractivity contribution in [2.75, 3.05) is 0 Å². The minimum Gasteiger partial charge on any atom is -0.409 e. The summed E-state index contributed by atoms with van der Waals surface area (Å²) >= 11 is 0. The van der Waals surface area contributed by atoms with Gasteiger partial charge in [-0.25, -0.2) is 4.39 Å². The summed E-state index contributed by atoms with van der Waals surface area (Å²) in [6.07, 6.45) is 4.71. The summed E-state index contributed by atoms with van der Waals surface area (Å²) in [7, 11) is 0. The first-order chi connectivity index (χ1) is 9.91. The third-order valence-electron chi connectivity index (χ3n) is 4.38. The van der Waals surface area contributed by atoms with Gasteiger partial charge in [0.2, 0.25) is 0 Å². The molecule has 0 amide bonds. The van der Waals surface area contributed by atoms with Gasteiger partial charge in [-0.1, -0.05) is 25.1 Å². The monoisotopic (exact) mass is 293 g/mol. The summed E-state index contributed by atoms with van der Waals surface area (Å²) < 4.78 is 13.3. The Balaban J connectivity index is 2.01. The minimum atomic E-state index is -0.389. The van der Waals surface area contributed by atoms with Crippen molar-refractivity contribution in [3.8, 4) is 0 Å². The second-order valence-corrected chi connectivity index (χ2v) is 6.61. The molecule has 0 aliphatic heterocycles. The lowest BCUT2D eigenvalue weighted by atomic mass is 9.75. The van der Waals surface area contributed by atoms with Crippen LogP contribution in [0, 0.1) is 11.2 Å². The summed E-state index contributed by atoms with van der Waals surface area (Å²) in [4.78, 5) is 0. The molecule has 116 valence electrons. The minimum absolute atomic E-state index is 0.0592. The van der Waals surface area contributed by atoms with Gasteiger partial charge < -0.3 is 16.3 Å². The second-order valence-electron chi connectivity index (χ2n) is 6.61. The van der Waals surface area contributed by atoms with Crippen LogP contribution in [-0.4, -0.2) is 17.1 Å². The predicted octanol–water partition coefficient (Wildman–Crippen LogP) is 2.98. The molecule has 0 heterocycles. The van der Waals surface area contributed by atoms with Gasteiger partial charge in [-0.05, 0) is 48.8 Å². The number of amidine groups is 1. The molecule has 1 saturated carbocycles. The van der Waals surface area contributed by atoms with Gasteiger partial charge >= 0.3 is 0 Å². The number of nitrogens with two attached hydrogens (primary N) is 1. The average molecular weight is 293 g/mol. The quantitative estimate of drug-likeness (QED) is 0.346. The van der Waals surface area contributed by atoms with E-state index in [1.54, 1.807) is 6.07 Å². The molecule has 1 aliphatic rings. The van der Waals surface area contributed by atoms with Crippen LogP contribution in [0.1, 0.15) is 50.7 Å². The van der Waals surface area contributed by atoms with E-state index in [4.69, 9.17) is 10.9 Å². The number of nitrogens with zero attached hydrogens (tertiary/aromatic N) is 1.